The molecule has 2 aromatic rings. The Morgan fingerprint density at radius 1 is 1.38 bits per heavy atom. The Balaban J connectivity index is 1.49. The number of nitrogens with one attached hydrogen (secondary N) is 1. The Labute approximate surface area is 144 Å². The van der Waals surface area contributed by atoms with Gasteiger partial charge in [0.2, 0.25) is 5.91 Å². The fourth-order valence-electron chi connectivity index (χ4n) is 3.81. The van der Waals surface area contributed by atoms with Crippen LogP contribution in [0.5, 0.6) is 0 Å². The molecule has 6 nitrogen and oxygen atoms in total. The maximum Gasteiger partial charge on any atom is 0.245 e. The van der Waals surface area contributed by atoms with E-state index >= 15 is 0 Å². The Morgan fingerprint density at radius 2 is 2.29 bits per heavy atom. The van der Waals surface area contributed by atoms with Gasteiger partial charge in [-0.3, -0.25) is 9.69 Å². The molecule has 7 heteroatoms. The number of likely N-dealkylation sites (tertiary alicyclic amines) is 1. The van der Waals surface area contributed by atoms with Crippen LogP contribution in [-0.4, -0.2) is 46.5 Å². The number of hydrogen-bond acceptors (Lipinski definition) is 5. The number of nitrogens with zero attached hydrogens (tertiary/aromatic N) is 4. The summed E-state index contributed by atoms with van der Waals surface area (Å²) in [5.41, 5.74) is 0.598. The second-order valence-corrected chi connectivity index (χ2v) is 7.25. The summed E-state index contributed by atoms with van der Waals surface area (Å²) in [6.45, 7) is 2.52. The molecule has 2 aliphatic rings. The van der Waals surface area contributed by atoms with Gasteiger partial charge in [-0.1, -0.05) is 0 Å². The number of imidazole rings is 1. The summed E-state index contributed by atoms with van der Waals surface area (Å²) >= 11 is 1.47. The number of H-pyrrole nitrogens is 1. The van der Waals surface area contributed by atoms with Crippen LogP contribution in [0.1, 0.15) is 36.6 Å². The van der Waals surface area contributed by atoms with Crippen molar-refractivity contribution in [3.63, 3.8) is 0 Å². The molecule has 2 saturated heterocycles. The summed E-state index contributed by atoms with van der Waals surface area (Å²) in [5.74, 6) is 1.52. The molecule has 4 rings (SSSR count). The number of aromatic amines is 1. The lowest BCUT2D eigenvalue weighted by Gasteiger charge is -2.35. The van der Waals surface area contributed by atoms with Gasteiger partial charge in [-0.2, -0.15) is 5.26 Å². The molecule has 2 fully saturated rings. The number of anilines is 1. The maximum atomic E-state index is 12.9. The minimum atomic E-state index is -0.0728. The highest BCUT2D eigenvalue weighted by Gasteiger charge is 2.39. The molecule has 0 saturated carbocycles. The van der Waals surface area contributed by atoms with Crippen LogP contribution in [0.4, 0.5) is 5.00 Å². The number of thiophene rings is 1. The first kappa shape index (κ1) is 15.4. The molecule has 0 spiro atoms. The largest absolute Gasteiger partial charge is 0.348 e. The molecule has 1 N–H and O–H groups in total. The lowest BCUT2D eigenvalue weighted by molar-refractivity contribution is -0.122. The fourth-order valence-corrected chi connectivity index (χ4v) is 4.70. The minimum absolute atomic E-state index is 0.0728. The van der Waals surface area contributed by atoms with Gasteiger partial charge in [-0.15, -0.1) is 11.3 Å². The summed E-state index contributed by atoms with van der Waals surface area (Å²) < 4.78 is 0. The molecule has 2 aromatic heterocycles. The zero-order chi connectivity index (χ0) is 16.5. The second kappa shape index (κ2) is 6.38. The van der Waals surface area contributed by atoms with Gasteiger partial charge >= 0.3 is 0 Å². The summed E-state index contributed by atoms with van der Waals surface area (Å²) in [7, 11) is 0. The normalized spacial score (nSPS) is 25.1. The van der Waals surface area contributed by atoms with Gasteiger partial charge in [0.25, 0.3) is 0 Å². The topological polar surface area (TPSA) is 76.0 Å². The van der Waals surface area contributed by atoms with Crippen molar-refractivity contribution in [2.75, 3.05) is 24.5 Å². The fraction of sp³-hybridized carbons (Fsp3) is 0.471. The number of piperidine rings is 1. The molecule has 2 atom stereocenters. The number of aromatic nitrogens is 2. The van der Waals surface area contributed by atoms with Gasteiger partial charge in [0.05, 0.1) is 11.6 Å². The van der Waals surface area contributed by atoms with E-state index < -0.39 is 0 Å². The van der Waals surface area contributed by atoms with Crippen LogP contribution in [0.15, 0.2) is 23.8 Å². The third-order valence-electron chi connectivity index (χ3n) is 4.99. The van der Waals surface area contributed by atoms with Crippen LogP contribution < -0.4 is 4.90 Å². The van der Waals surface area contributed by atoms with Crippen molar-refractivity contribution < 1.29 is 4.79 Å². The molecule has 1 amide bonds. The Hall–Kier alpha value is -2.17. The Morgan fingerprint density at radius 3 is 3.08 bits per heavy atom. The number of hydrogen-bond donors (Lipinski definition) is 1. The first-order valence-electron chi connectivity index (χ1n) is 8.30. The molecule has 124 valence electrons. The van der Waals surface area contributed by atoms with Crippen LogP contribution in [-0.2, 0) is 4.79 Å². The predicted molar refractivity (Wildman–Crippen MR) is 91.9 cm³/mol. The maximum absolute atomic E-state index is 12.9. The van der Waals surface area contributed by atoms with E-state index in [2.05, 4.69) is 20.9 Å². The van der Waals surface area contributed by atoms with E-state index in [-0.39, 0.29) is 11.9 Å². The summed E-state index contributed by atoms with van der Waals surface area (Å²) in [4.78, 5) is 24.6. The van der Waals surface area contributed by atoms with Gasteiger partial charge in [0.15, 0.2) is 0 Å². The van der Waals surface area contributed by atoms with Gasteiger partial charge < -0.3 is 9.88 Å². The van der Waals surface area contributed by atoms with Crippen molar-refractivity contribution in [1.29, 1.82) is 5.26 Å². The predicted octanol–water partition coefficient (Wildman–Crippen LogP) is 2.33. The third-order valence-corrected chi connectivity index (χ3v) is 5.92. The summed E-state index contributed by atoms with van der Waals surface area (Å²) in [5, 5.41) is 11.9. The quantitative estimate of drug-likeness (QED) is 0.929. The van der Waals surface area contributed by atoms with E-state index in [0.717, 1.165) is 43.2 Å². The monoisotopic (exact) mass is 341 g/mol. The van der Waals surface area contributed by atoms with Crippen LogP contribution in [0, 0.1) is 11.3 Å². The molecule has 0 radical (unpaired) electrons. The number of nitriles is 1. The van der Waals surface area contributed by atoms with E-state index in [9.17, 15) is 10.1 Å². The van der Waals surface area contributed by atoms with Crippen molar-refractivity contribution >= 4 is 22.2 Å². The average molecular weight is 341 g/mol. The van der Waals surface area contributed by atoms with E-state index in [1.165, 1.54) is 11.3 Å². The van der Waals surface area contributed by atoms with Gasteiger partial charge in [-0.05, 0) is 37.3 Å². The molecule has 0 unspecified atom stereocenters. The number of carbonyl (C=O) groups is 1. The minimum Gasteiger partial charge on any atom is -0.348 e. The molecule has 4 heterocycles. The molecular formula is C17H19N5OS. The van der Waals surface area contributed by atoms with E-state index in [4.69, 9.17) is 0 Å². The molecule has 0 bridgehead atoms. The molecule has 0 aliphatic carbocycles. The second-order valence-electron chi connectivity index (χ2n) is 6.35. The molecule has 2 aliphatic heterocycles. The van der Waals surface area contributed by atoms with Crippen LogP contribution in [0.2, 0.25) is 0 Å². The standard InChI is InChI=1S/C17H19N5OS/c18-10-12-4-9-24-17(12)22-8-3-14(16(22)23)21-7-1-2-13(11-21)15-19-5-6-20-15/h4-6,9,13-14H,1-3,7-8,11H2,(H,19,20)/t13-,14-/m0/s1. The highest BCUT2D eigenvalue weighted by atomic mass is 32.1. The number of rotatable bonds is 3. The lowest BCUT2D eigenvalue weighted by atomic mass is 9.95. The van der Waals surface area contributed by atoms with Gasteiger partial charge in [0.1, 0.15) is 16.9 Å². The van der Waals surface area contributed by atoms with Crippen LogP contribution in [0.3, 0.4) is 0 Å². The van der Waals surface area contributed by atoms with Crippen LogP contribution in [0.25, 0.3) is 0 Å². The summed E-state index contributed by atoms with van der Waals surface area (Å²) in [6, 6.07) is 3.90. The smallest absolute Gasteiger partial charge is 0.245 e. The van der Waals surface area contributed by atoms with E-state index in [1.807, 2.05) is 11.6 Å². The zero-order valence-corrected chi connectivity index (χ0v) is 14.1. The van der Waals surface area contributed by atoms with E-state index in [1.54, 1.807) is 17.2 Å². The van der Waals surface area contributed by atoms with Crippen LogP contribution >= 0.6 is 11.3 Å². The summed E-state index contributed by atoms with van der Waals surface area (Å²) in [6.07, 6.45) is 6.66. The Bertz CT molecular complexity index is 762. The van der Waals surface area contributed by atoms with Crippen molar-refractivity contribution in [2.45, 2.75) is 31.2 Å². The van der Waals surface area contributed by atoms with E-state index in [0.29, 0.717) is 18.0 Å². The van der Waals surface area contributed by atoms with Crippen molar-refractivity contribution in [3.05, 3.63) is 35.2 Å². The average Bonchev–Trinajstić information content (AvgIpc) is 3.35. The van der Waals surface area contributed by atoms with Gasteiger partial charge in [-0.25, -0.2) is 4.98 Å². The van der Waals surface area contributed by atoms with Crippen molar-refractivity contribution in [2.24, 2.45) is 0 Å². The highest BCUT2D eigenvalue weighted by Crippen LogP contribution is 2.34. The SMILES string of the molecule is N#Cc1ccsc1N1CC[C@H](N2CCC[C@H](c3ncc[nH]3)C2)C1=O. The first-order chi connectivity index (χ1) is 11.8. The van der Waals surface area contributed by atoms with Crippen molar-refractivity contribution in [3.8, 4) is 6.07 Å². The van der Waals surface area contributed by atoms with Crippen molar-refractivity contribution in [1.82, 2.24) is 14.9 Å². The van der Waals surface area contributed by atoms with Gasteiger partial charge in [0, 0.05) is 31.4 Å². The zero-order valence-electron chi connectivity index (χ0n) is 13.3. The lowest BCUT2D eigenvalue weighted by Crippen LogP contribution is -2.46. The molecular weight excluding hydrogens is 322 g/mol. The number of carbonyl (C=O) groups excluding carboxylic acids is 1. The first-order valence-corrected chi connectivity index (χ1v) is 9.18. The molecule has 0 aromatic carbocycles. The molecule has 24 heavy (non-hydrogen) atoms. The third kappa shape index (κ3) is 2.62. The highest BCUT2D eigenvalue weighted by molar-refractivity contribution is 7.14. The Kier molecular flexibility index (Phi) is 4.08. The number of amides is 1.